The summed E-state index contributed by atoms with van der Waals surface area (Å²) < 4.78 is 5.03. The highest BCUT2D eigenvalue weighted by Crippen LogP contribution is 2.24. The molecule has 0 saturated heterocycles. The Morgan fingerprint density at radius 3 is 2.88 bits per heavy atom. The lowest BCUT2D eigenvalue weighted by atomic mass is 10.1. The van der Waals surface area contributed by atoms with Gasteiger partial charge < -0.3 is 14.8 Å². The monoisotopic (exact) mass is 342 g/mol. The normalized spacial score (nSPS) is 12.0. The molecule has 1 aromatic carbocycles. The molecule has 0 aliphatic rings. The van der Waals surface area contributed by atoms with Crippen molar-refractivity contribution >= 4 is 17.2 Å². The molecular weight excluding hydrogens is 324 g/mol. The second-order valence-electron chi connectivity index (χ2n) is 5.48. The van der Waals surface area contributed by atoms with Gasteiger partial charge in [0.05, 0.1) is 24.5 Å². The molecule has 0 unspecified atom stereocenters. The number of hydrogen-bond donors (Lipinski definition) is 2. The largest absolute Gasteiger partial charge is 0.472 e. The molecule has 0 aliphatic carbocycles. The fraction of sp³-hybridized carbons (Fsp3) is 0.222. The van der Waals surface area contributed by atoms with E-state index < -0.39 is 6.10 Å². The molecule has 0 radical (unpaired) electrons. The summed E-state index contributed by atoms with van der Waals surface area (Å²) in [5.74, 6) is -0.147. The zero-order valence-electron chi connectivity index (χ0n) is 13.0. The summed E-state index contributed by atoms with van der Waals surface area (Å²) in [6.45, 7) is 0.229. The number of nitrogens with zero attached hydrogens (tertiary/aromatic N) is 1. The minimum Gasteiger partial charge on any atom is -0.472 e. The van der Waals surface area contributed by atoms with Crippen LogP contribution in [-0.4, -0.2) is 28.6 Å². The molecule has 6 heteroatoms. The van der Waals surface area contributed by atoms with Crippen LogP contribution in [0.4, 0.5) is 0 Å². The van der Waals surface area contributed by atoms with Gasteiger partial charge in [0.1, 0.15) is 11.3 Å². The fourth-order valence-electron chi connectivity index (χ4n) is 2.32. The summed E-state index contributed by atoms with van der Waals surface area (Å²) in [5, 5.41) is 15.5. The van der Waals surface area contributed by atoms with Gasteiger partial charge in [-0.2, -0.15) is 0 Å². The summed E-state index contributed by atoms with van der Waals surface area (Å²) in [6.07, 6.45) is 3.34. The Balaban J connectivity index is 1.46. The number of benzene rings is 1. The van der Waals surface area contributed by atoms with Crippen molar-refractivity contribution in [3.8, 4) is 10.6 Å². The molecule has 0 fully saturated rings. The molecule has 5 nitrogen and oxygen atoms in total. The molecule has 24 heavy (non-hydrogen) atoms. The van der Waals surface area contributed by atoms with Gasteiger partial charge in [-0.25, -0.2) is 4.98 Å². The number of aromatic nitrogens is 1. The lowest BCUT2D eigenvalue weighted by Gasteiger charge is -2.11. The number of thiazole rings is 1. The summed E-state index contributed by atoms with van der Waals surface area (Å²) in [6, 6.07) is 11.5. The first-order chi connectivity index (χ1) is 11.7. The number of rotatable bonds is 7. The number of amides is 1. The van der Waals surface area contributed by atoms with Gasteiger partial charge in [-0.05, 0) is 11.6 Å². The standard InChI is InChI=1S/C18H18N2O3S/c21-16(8-13-4-2-1-3-5-13)10-19-17(22)9-15-12-24-18(20-15)14-6-7-23-11-14/h1-7,11-12,16,21H,8-10H2,(H,19,22)/t16-/m0/s1. The van der Waals surface area contributed by atoms with Gasteiger partial charge in [0.15, 0.2) is 0 Å². The number of nitrogens with one attached hydrogen (secondary N) is 1. The van der Waals surface area contributed by atoms with E-state index in [2.05, 4.69) is 10.3 Å². The third-order valence-corrected chi connectivity index (χ3v) is 4.45. The summed E-state index contributed by atoms with van der Waals surface area (Å²) >= 11 is 1.47. The van der Waals surface area contributed by atoms with Crippen LogP contribution in [0.15, 0.2) is 58.7 Å². The van der Waals surface area contributed by atoms with Gasteiger partial charge in [-0.15, -0.1) is 11.3 Å². The van der Waals surface area contributed by atoms with Crippen LogP contribution in [0, 0.1) is 0 Å². The Bertz CT molecular complexity index is 769. The molecule has 124 valence electrons. The summed E-state index contributed by atoms with van der Waals surface area (Å²) in [4.78, 5) is 16.4. The van der Waals surface area contributed by atoms with Gasteiger partial charge in [0.2, 0.25) is 5.91 Å². The first kappa shape index (κ1) is 16.4. The minimum absolute atomic E-state index is 0.147. The Morgan fingerprint density at radius 1 is 1.29 bits per heavy atom. The quantitative estimate of drug-likeness (QED) is 0.692. The van der Waals surface area contributed by atoms with Crippen molar-refractivity contribution in [1.29, 1.82) is 0 Å². The molecule has 0 aliphatic heterocycles. The van der Waals surface area contributed by atoms with Crippen LogP contribution in [-0.2, 0) is 17.6 Å². The number of hydrogen-bond acceptors (Lipinski definition) is 5. The van der Waals surface area contributed by atoms with Crippen LogP contribution in [0.2, 0.25) is 0 Å². The predicted molar refractivity (Wildman–Crippen MR) is 92.7 cm³/mol. The van der Waals surface area contributed by atoms with E-state index in [4.69, 9.17) is 4.42 Å². The first-order valence-corrected chi connectivity index (χ1v) is 8.54. The smallest absolute Gasteiger partial charge is 0.226 e. The van der Waals surface area contributed by atoms with Crippen LogP contribution >= 0.6 is 11.3 Å². The maximum atomic E-state index is 12.0. The second-order valence-corrected chi connectivity index (χ2v) is 6.34. The maximum Gasteiger partial charge on any atom is 0.226 e. The highest BCUT2D eigenvalue weighted by Gasteiger charge is 2.11. The van der Waals surface area contributed by atoms with Crippen molar-refractivity contribution in [2.24, 2.45) is 0 Å². The van der Waals surface area contributed by atoms with Gasteiger partial charge in [0, 0.05) is 23.9 Å². The molecule has 2 heterocycles. The molecule has 2 aromatic heterocycles. The summed E-state index contributed by atoms with van der Waals surface area (Å²) in [7, 11) is 0. The second kappa shape index (κ2) is 7.90. The Kier molecular flexibility index (Phi) is 5.40. The van der Waals surface area contributed by atoms with Crippen molar-refractivity contribution in [2.45, 2.75) is 18.9 Å². The van der Waals surface area contributed by atoms with E-state index in [9.17, 15) is 9.90 Å². The van der Waals surface area contributed by atoms with Gasteiger partial charge in [0.25, 0.3) is 0 Å². The average molecular weight is 342 g/mol. The first-order valence-electron chi connectivity index (χ1n) is 7.66. The summed E-state index contributed by atoms with van der Waals surface area (Å²) in [5.41, 5.74) is 2.67. The zero-order valence-corrected chi connectivity index (χ0v) is 13.8. The van der Waals surface area contributed by atoms with Gasteiger partial charge >= 0.3 is 0 Å². The molecule has 1 amide bonds. The molecule has 0 spiro atoms. The number of carbonyl (C=O) groups is 1. The van der Waals surface area contributed by atoms with E-state index >= 15 is 0 Å². The minimum atomic E-state index is -0.603. The maximum absolute atomic E-state index is 12.0. The van der Waals surface area contributed by atoms with Gasteiger partial charge in [-0.3, -0.25) is 4.79 Å². The van der Waals surface area contributed by atoms with E-state index in [0.717, 1.165) is 16.1 Å². The highest BCUT2D eigenvalue weighted by atomic mass is 32.1. The number of aliphatic hydroxyl groups is 1. The van der Waals surface area contributed by atoms with Crippen molar-refractivity contribution < 1.29 is 14.3 Å². The topological polar surface area (TPSA) is 75.4 Å². The molecule has 0 saturated carbocycles. The molecule has 2 N–H and O–H groups in total. The van der Waals surface area contributed by atoms with Crippen LogP contribution in [0.1, 0.15) is 11.3 Å². The highest BCUT2D eigenvalue weighted by molar-refractivity contribution is 7.13. The number of aliphatic hydroxyl groups excluding tert-OH is 1. The Hall–Kier alpha value is -2.44. The van der Waals surface area contributed by atoms with Crippen LogP contribution in [0.25, 0.3) is 10.6 Å². The van der Waals surface area contributed by atoms with E-state index in [1.54, 1.807) is 12.5 Å². The van der Waals surface area contributed by atoms with Gasteiger partial charge in [-0.1, -0.05) is 30.3 Å². The van der Waals surface area contributed by atoms with Crippen LogP contribution in [0.5, 0.6) is 0 Å². The lowest BCUT2D eigenvalue weighted by Crippen LogP contribution is -2.34. The van der Waals surface area contributed by atoms with Crippen molar-refractivity contribution in [3.05, 3.63) is 65.6 Å². The van der Waals surface area contributed by atoms with Crippen LogP contribution in [0.3, 0.4) is 0 Å². The van der Waals surface area contributed by atoms with E-state index in [-0.39, 0.29) is 18.9 Å². The third kappa shape index (κ3) is 4.53. The third-order valence-electron chi connectivity index (χ3n) is 3.51. The molecule has 3 aromatic rings. The molecular formula is C18H18N2O3S. The SMILES string of the molecule is O=C(Cc1csc(-c2ccoc2)n1)NC[C@@H](O)Cc1ccccc1. The van der Waals surface area contributed by atoms with Crippen molar-refractivity contribution in [1.82, 2.24) is 10.3 Å². The average Bonchev–Trinajstić information content (AvgIpc) is 3.25. The van der Waals surface area contributed by atoms with E-state index in [0.29, 0.717) is 12.1 Å². The van der Waals surface area contributed by atoms with E-state index in [1.165, 1.54) is 11.3 Å². The van der Waals surface area contributed by atoms with Crippen molar-refractivity contribution in [2.75, 3.05) is 6.54 Å². The van der Waals surface area contributed by atoms with Crippen LogP contribution < -0.4 is 5.32 Å². The molecule has 3 rings (SSSR count). The number of carbonyl (C=O) groups excluding carboxylic acids is 1. The molecule has 0 bridgehead atoms. The Morgan fingerprint density at radius 2 is 2.12 bits per heavy atom. The number of furan rings is 1. The fourth-order valence-corrected chi connectivity index (χ4v) is 3.13. The predicted octanol–water partition coefficient (Wildman–Crippen LogP) is 2.67. The molecule has 1 atom stereocenters. The zero-order chi connectivity index (χ0) is 16.8. The Labute approximate surface area is 144 Å². The van der Waals surface area contributed by atoms with E-state index in [1.807, 2.05) is 41.8 Å². The lowest BCUT2D eigenvalue weighted by molar-refractivity contribution is -0.120. The van der Waals surface area contributed by atoms with Crippen molar-refractivity contribution in [3.63, 3.8) is 0 Å².